The lowest BCUT2D eigenvalue weighted by Gasteiger charge is -2.11. The van der Waals surface area contributed by atoms with Crippen LogP contribution in [0.25, 0.3) is 0 Å². The number of anilines is 1. The summed E-state index contributed by atoms with van der Waals surface area (Å²) in [6.45, 7) is 1.69. The van der Waals surface area contributed by atoms with Crippen molar-refractivity contribution in [2.75, 3.05) is 18.5 Å². The van der Waals surface area contributed by atoms with Crippen LogP contribution in [0.5, 0.6) is 5.75 Å². The molecule has 0 aromatic heterocycles. The fraction of sp³-hybridized carbons (Fsp3) is 0.200. The second-order valence-corrected chi connectivity index (χ2v) is 5.68. The minimum absolute atomic E-state index is 0.444. The Bertz CT molecular complexity index is 556. The third kappa shape index (κ3) is 2.46. The maximum Gasteiger partial charge on any atom is 0.122 e. The van der Waals surface area contributed by atoms with Gasteiger partial charge in [-0.2, -0.15) is 0 Å². The van der Waals surface area contributed by atoms with Crippen molar-refractivity contribution >= 4 is 28.3 Å². The van der Waals surface area contributed by atoms with Gasteiger partial charge in [-0.05, 0) is 46.9 Å². The Hall–Kier alpha value is -1.23. The summed E-state index contributed by atoms with van der Waals surface area (Å²) in [4.78, 5) is 0. The maximum atomic E-state index is 5.68. The highest BCUT2D eigenvalue weighted by molar-refractivity contribution is 14.1. The molecule has 2 aromatic carbocycles. The highest BCUT2D eigenvalue weighted by Gasteiger charge is 2.22. The van der Waals surface area contributed by atoms with Crippen molar-refractivity contribution in [1.29, 1.82) is 0 Å². The molecule has 18 heavy (non-hydrogen) atoms. The summed E-state index contributed by atoms with van der Waals surface area (Å²) < 4.78 is 6.93. The predicted molar refractivity (Wildman–Crippen MR) is 82.3 cm³/mol. The smallest absolute Gasteiger partial charge is 0.122 e. The van der Waals surface area contributed by atoms with Gasteiger partial charge in [0.25, 0.3) is 0 Å². The lowest BCUT2D eigenvalue weighted by Crippen LogP contribution is -2.13. The van der Waals surface area contributed by atoms with E-state index in [0.717, 1.165) is 18.9 Å². The zero-order valence-corrected chi connectivity index (χ0v) is 12.1. The molecule has 1 atom stereocenters. The number of ether oxygens (including phenoxy) is 1. The molecule has 0 bridgehead atoms. The average molecular weight is 351 g/mol. The van der Waals surface area contributed by atoms with Gasteiger partial charge < -0.3 is 10.1 Å². The second-order valence-electron chi connectivity index (χ2n) is 4.44. The van der Waals surface area contributed by atoms with Crippen molar-refractivity contribution in [3.05, 3.63) is 57.7 Å². The molecule has 92 valence electrons. The second kappa shape index (κ2) is 5.18. The molecule has 2 nitrogen and oxygen atoms in total. The van der Waals surface area contributed by atoms with Gasteiger partial charge >= 0.3 is 0 Å². The molecule has 1 N–H and O–H groups in total. The molecule has 1 aliphatic rings. The molecular weight excluding hydrogens is 337 g/mol. The summed E-state index contributed by atoms with van der Waals surface area (Å²) in [5.74, 6) is 1.48. The number of hydrogen-bond acceptors (Lipinski definition) is 2. The van der Waals surface area contributed by atoms with E-state index >= 15 is 0 Å². The normalized spacial score (nSPS) is 17.1. The van der Waals surface area contributed by atoms with Crippen molar-refractivity contribution in [3.63, 3.8) is 0 Å². The Balaban J connectivity index is 1.69. The Kier molecular flexibility index (Phi) is 3.41. The van der Waals surface area contributed by atoms with Crippen molar-refractivity contribution in [2.45, 2.75) is 5.92 Å². The van der Waals surface area contributed by atoms with Crippen molar-refractivity contribution in [2.24, 2.45) is 0 Å². The molecule has 0 radical (unpaired) electrons. The van der Waals surface area contributed by atoms with Gasteiger partial charge in [0, 0.05) is 27.3 Å². The molecule has 0 amide bonds. The van der Waals surface area contributed by atoms with Gasteiger partial charge in [0.15, 0.2) is 0 Å². The van der Waals surface area contributed by atoms with E-state index in [9.17, 15) is 0 Å². The van der Waals surface area contributed by atoms with Gasteiger partial charge in [-0.15, -0.1) is 0 Å². The largest absolute Gasteiger partial charge is 0.493 e. The zero-order valence-electron chi connectivity index (χ0n) is 9.90. The topological polar surface area (TPSA) is 21.3 Å². The van der Waals surface area contributed by atoms with Crippen LogP contribution in [0, 0.1) is 3.57 Å². The summed E-state index contributed by atoms with van der Waals surface area (Å²) in [6, 6.07) is 16.7. The summed E-state index contributed by atoms with van der Waals surface area (Å²) in [5, 5.41) is 3.48. The van der Waals surface area contributed by atoms with Gasteiger partial charge in [-0.3, -0.25) is 0 Å². The van der Waals surface area contributed by atoms with Crippen LogP contribution in [0.3, 0.4) is 0 Å². The van der Waals surface area contributed by atoms with Gasteiger partial charge in [0.05, 0.1) is 6.61 Å². The predicted octanol–water partition coefficient (Wildman–Crippen LogP) is 3.88. The molecule has 3 heteroatoms. The van der Waals surface area contributed by atoms with E-state index in [1.165, 1.54) is 14.8 Å². The number of fused-ring (bicyclic) bond motifs is 1. The molecule has 0 spiro atoms. The standard InChI is InChI=1S/C15H14INO/c16-12-4-3-5-13(8-12)17-9-11-10-18-15-7-2-1-6-14(11)15/h1-8,11,17H,9-10H2. The van der Waals surface area contributed by atoms with E-state index < -0.39 is 0 Å². The lowest BCUT2D eigenvalue weighted by molar-refractivity contribution is 0.334. The van der Waals surface area contributed by atoms with Crippen LogP contribution >= 0.6 is 22.6 Å². The number of rotatable bonds is 3. The molecule has 0 fully saturated rings. The fourth-order valence-electron chi connectivity index (χ4n) is 2.24. The van der Waals surface area contributed by atoms with Crippen LogP contribution in [0.1, 0.15) is 11.5 Å². The fourth-order valence-corrected chi connectivity index (χ4v) is 2.78. The van der Waals surface area contributed by atoms with Crippen molar-refractivity contribution in [1.82, 2.24) is 0 Å². The summed E-state index contributed by atoms with van der Waals surface area (Å²) in [5.41, 5.74) is 2.49. The first-order valence-electron chi connectivity index (χ1n) is 6.04. The molecule has 2 aromatic rings. The van der Waals surface area contributed by atoms with Crippen LogP contribution in [0.4, 0.5) is 5.69 Å². The van der Waals surface area contributed by atoms with Gasteiger partial charge in [0.2, 0.25) is 0 Å². The van der Waals surface area contributed by atoms with Crippen molar-refractivity contribution < 1.29 is 4.74 Å². The van der Waals surface area contributed by atoms with E-state index in [1.54, 1.807) is 0 Å². The highest BCUT2D eigenvalue weighted by Crippen LogP contribution is 2.33. The SMILES string of the molecule is Ic1cccc(NCC2COc3ccccc32)c1. The molecule has 1 unspecified atom stereocenters. The highest BCUT2D eigenvalue weighted by atomic mass is 127. The van der Waals surface area contributed by atoms with Crippen LogP contribution in [0.15, 0.2) is 48.5 Å². The van der Waals surface area contributed by atoms with Gasteiger partial charge in [0.1, 0.15) is 5.75 Å². The summed E-state index contributed by atoms with van der Waals surface area (Å²) >= 11 is 2.33. The Morgan fingerprint density at radius 3 is 2.94 bits per heavy atom. The van der Waals surface area contributed by atoms with Gasteiger partial charge in [-0.25, -0.2) is 0 Å². The molecule has 0 saturated heterocycles. The number of hydrogen-bond donors (Lipinski definition) is 1. The Labute approximate surface area is 121 Å². The van der Waals surface area contributed by atoms with E-state index in [1.807, 2.05) is 12.1 Å². The van der Waals surface area contributed by atoms with Crippen molar-refractivity contribution in [3.8, 4) is 5.75 Å². The quantitative estimate of drug-likeness (QED) is 0.848. The van der Waals surface area contributed by atoms with Crippen LogP contribution in [-0.2, 0) is 0 Å². The number of nitrogens with one attached hydrogen (secondary N) is 1. The summed E-state index contributed by atoms with van der Waals surface area (Å²) in [7, 11) is 0. The molecular formula is C15H14INO. The third-order valence-corrected chi connectivity index (χ3v) is 3.85. The Morgan fingerprint density at radius 2 is 2.06 bits per heavy atom. The van der Waals surface area contributed by atoms with E-state index in [4.69, 9.17) is 4.74 Å². The van der Waals surface area contributed by atoms with Gasteiger partial charge in [-0.1, -0.05) is 24.3 Å². The first-order valence-corrected chi connectivity index (χ1v) is 7.12. The zero-order chi connectivity index (χ0) is 12.4. The summed E-state index contributed by atoms with van der Waals surface area (Å²) in [6.07, 6.45) is 0. The number of halogens is 1. The number of para-hydroxylation sites is 1. The van der Waals surface area contributed by atoms with E-state index in [0.29, 0.717) is 5.92 Å². The minimum Gasteiger partial charge on any atom is -0.493 e. The molecule has 1 aliphatic heterocycles. The first kappa shape index (κ1) is 11.8. The monoisotopic (exact) mass is 351 g/mol. The third-order valence-electron chi connectivity index (χ3n) is 3.18. The van der Waals surface area contributed by atoms with Crippen LogP contribution in [-0.4, -0.2) is 13.2 Å². The minimum atomic E-state index is 0.444. The lowest BCUT2D eigenvalue weighted by atomic mass is 10.0. The van der Waals surface area contributed by atoms with E-state index in [2.05, 4.69) is 64.3 Å². The molecule has 0 aliphatic carbocycles. The Morgan fingerprint density at radius 1 is 1.17 bits per heavy atom. The van der Waals surface area contributed by atoms with E-state index in [-0.39, 0.29) is 0 Å². The average Bonchev–Trinajstić information content (AvgIpc) is 2.80. The maximum absolute atomic E-state index is 5.68. The molecule has 3 rings (SSSR count). The molecule has 0 saturated carbocycles. The first-order chi connectivity index (χ1) is 8.83. The van der Waals surface area contributed by atoms with Crippen LogP contribution < -0.4 is 10.1 Å². The number of benzene rings is 2. The molecule has 1 heterocycles. The van der Waals surface area contributed by atoms with Crippen LogP contribution in [0.2, 0.25) is 0 Å².